The molecule has 144 heavy (non-hydrogen) atoms. The van der Waals surface area contributed by atoms with Crippen molar-refractivity contribution in [1.82, 2.24) is 0 Å². The lowest BCUT2D eigenvalue weighted by atomic mass is 10.1. The Morgan fingerprint density at radius 2 is 0.354 bits per heavy atom. The Labute approximate surface area is 880 Å². The first-order chi connectivity index (χ1) is 71.1. The van der Waals surface area contributed by atoms with Crippen molar-refractivity contribution in [2.45, 2.75) is 249 Å². The molecule has 0 unspecified atom stereocenters. The number of fused-ring (bicyclic) bond motifs is 6. The van der Waals surface area contributed by atoms with Crippen LogP contribution in [0, 0.1) is 148 Å². The number of hydrogen-bond donors (Lipinski definition) is 0. The van der Waals surface area contributed by atoms with Gasteiger partial charge in [0, 0.05) is 38.4 Å². The second-order valence-electron chi connectivity index (χ2n) is 21.7. The third-order valence-electron chi connectivity index (χ3n) is 14.7. The maximum absolute atomic E-state index is 5.57. The summed E-state index contributed by atoms with van der Waals surface area (Å²) in [4.78, 5) is 0. The summed E-state index contributed by atoms with van der Waals surface area (Å²) in [7, 11) is 0. The van der Waals surface area contributed by atoms with Gasteiger partial charge >= 0.3 is 0 Å². The number of benzene rings is 12. The molecule has 0 saturated heterocycles. The molecule has 12 rings (SSSR count). The quantitative estimate of drug-likeness (QED) is 0.0537. The minimum absolute atomic E-state index is 0.195. The highest BCUT2D eigenvalue weighted by Gasteiger charge is 2.12. The van der Waals surface area contributed by atoms with Gasteiger partial charge in [0.05, 0.1) is 0 Å². The Kier molecular flexibility index (Phi) is 132. The molecule has 0 atom stereocenters. The summed E-state index contributed by atoms with van der Waals surface area (Å²) in [5, 5.41) is 12.2. The number of terminal acetylenes is 12. The van der Waals surface area contributed by atoms with Crippen molar-refractivity contribution in [1.29, 1.82) is 0 Å². The molecule has 0 saturated carbocycles. The molecule has 12 nitrogen and oxygen atoms in total. The van der Waals surface area contributed by atoms with Gasteiger partial charge in [-0.2, -0.15) is 0 Å². The van der Waals surface area contributed by atoms with E-state index in [1.165, 1.54) is 0 Å². The lowest BCUT2D eigenvalue weighted by molar-refractivity contribution is 0.318. The van der Waals surface area contributed by atoms with Gasteiger partial charge in [-0.3, -0.25) is 0 Å². The smallest absolute Gasteiger partial charge is 0.170 e. The van der Waals surface area contributed by atoms with Crippen LogP contribution < -0.4 is 56.8 Å². The molecule has 0 heterocycles. The van der Waals surface area contributed by atoms with Gasteiger partial charge in [-0.1, -0.05) is 442 Å². The first kappa shape index (κ1) is 154. The highest BCUT2D eigenvalue weighted by molar-refractivity contribution is 5.95. The van der Waals surface area contributed by atoms with Crippen molar-refractivity contribution < 1.29 is 56.8 Å². The summed E-state index contributed by atoms with van der Waals surface area (Å²) in [6.45, 7) is 74.9. The predicted molar refractivity (Wildman–Crippen MR) is 640 cm³/mol. The van der Waals surface area contributed by atoms with Gasteiger partial charge in [0.1, 0.15) is 137 Å². The van der Waals surface area contributed by atoms with E-state index >= 15 is 0 Å². The van der Waals surface area contributed by atoms with Crippen molar-refractivity contribution in [3.8, 4) is 217 Å². The Morgan fingerprint density at radius 1 is 0.139 bits per heavy atom. The van der Waals surface area contributed by atoms with E-state index < -0.39 is 0 Å². The Bertz CT molecular complexity index is 5350. The second kappa shape index (κ2) is 124. The van der Waals surface area contributed by atoms with E-state index in [-0.39, 0.29) is 79.3 Å². The van der Waals surface area contributed by atoms with E-state index in [1.54, 1.807) is 6.07 Å². The molecule has 0 radical (unpaired) electrons. The molecule has 12 heteroatoms. The van der Waals surface area contributed by atoms with E-state index in [9.17, 15) is 0 Å². The number of rotatable bonds is 24. The van der Waals surface area contributed by atoms with Crippen LogP contribution in [-0.4, -0.2) is 79.3 Å². The Balaban J connectivity index is -0.000000136. The van der Waals surface area contributed by atoms with Crippen LogP contribution in [0.15, 0.2) is 218 Å². The van der Waals surface area contributed by atoms with Crippen molar-refractivity contribution >= 4 is 64.6 Å². The fourth-order valence-electron chi connectivity index (χ4n) is 10.2. The zero-order valence-electron chi connectivity index (χ0n) is 95.1. The molecule has 0 aliphatic rings. The maximum atomic E-state index is 5.57. The van der Waals surface area contributed by atoms with Gasteiger partial charge in [-0.15, -0.1) is 77.1 Å². The molecule has 12 aromatic rings. The van der Waals surface area contributed by atoms with Crippen molar-refractivity contribution in [3.05, 3.63) is 218 Å². The minimum Gasteiger partial charge on any atom is -0.481 e. The Hall–Kier alpha value is -15.5. The van der Waals surface area contributed by atoms with Crippen molar-refractivity contribution in [2.75, 3.05) is 79.3 Å². The average molecular weight is 1960 g/mol. The lowest BCUT2D eigenvalue weighted by Gasteiger charge is -2.12. The first-order valence-electron chi connectivity index (χ1n) is 51.0. The van der Waals surface area contributed by atoms with E-state index in [1.807, 2.05) is 462 Å². The molecule has 0 fully saturated rings. The summed E-state index contributed by atoms with van der Waals surface area (Å²) in [5.41, 5.74) is 0. The molecule has 0 bridgehead atoms. The van der Waals surface area contributed by atoms with Crippen molar-refractivity contribution in [3.63, 3.8) is 0 Å². The lowest BCUT2D eigenvalue weighted by Crippen LogP contribution is -2.00. The zero-order valence-corrected chi connectivity index (χ0v) is 95.1. The summed E-state index contributed by atoms with van der Waals surface area (Å²) in [5.74, 6) is 37.9. The molecule has 0 aromatic heterocycles. The molecule has 0 N–H and O–H groups in total. The van der Waals surface area contributed by atoms with Crippen molar-refractivity contribution in [2.24, 2.45) is 0 Å². The molecule has 0 amide bonds. The summed E-state index contributed by atoms with van der Waals surface area (Å²) in [6.07, 6.45) is 62.2. The van der Waals surface area contributed by atoms with Crippen LogP contribution >= 0.6 is 0 Å². The number of ether oxygens (including phenoxy) is 12. The second-order valence-corrected chi connectivity index (χ2v) is 21.7. The molecule has 0 aliphatic heterocycles. The summed E-state index contributed by atoms with van der Waals surface area (Å²) < 4.78 is 65.4. The van der Waals surface area contributed by atoms with Crippen LogP contribution in [0.2, 0.25) is 0 Å². The molecule has 12 aromatic carbocycles. The SMILES string of the molecule is C#CCOc1cc(OCC#C)c2ccccc2c1.C#CCOc1ccc2c(OCC#C)cccc2c1.C#CCOc1ccc2ccc(OCC#C)cc2c1.C#CCOc1ccc2cccc(OCC#C)c2c1.C#CCOc1ccc2ccccc2c1OCC#C.C#CCOc1cccc2c(OCC#C)cccc12.CC.CC.CC.CC.CC.CC.CC.CC.CC.CC.CC.CC.CC.CC.CC.CC.CC.CC. The monoisotopic (exact) mass is 1960 g/mol. The predicted octanol–water partition coefficient (Wildman–Crippen LogP) is 35.7. The van der Waals surface area contributed by atoms with Crippen LogP contribution in [0.1, 0.15) is 249 Å². The molecule has 780 valence electrons. The van der Waals surface area contributed by atoms with Crippen LogP contribution in [0.4, 0.5) is 0 Å². The van der Waals surface area contributed by atoms with Gasteiger partial charge in [0.2, 0.25) is 0 Å². The molecule has 0 spiro atoms. The fourth-order valence-corrected chi connectivity index (χ4v) is 10.2. The number of hydrogen-bond acceptors (Lipinski definition) is 12. The topological polar surface area (TPSA) is 111 Å². The van der Waals surface area contributed by atoms with E-state index in [0.717, 1.165) is 111 Å². The fraction of sp³-hybridized carbons (Fsp3) is 0.364. The normalized spacial score (nSPS) is 7.83. The molecular weight excluding hydrogens is 1780 g/mol. The third kappa shape index (κ3) is 67.8. The van der Waals surface area contributed by atoms with Gasteiger partial charge in [0.25, 0.3) is 0 Å². The largest absolute Gasteiger partial charge is 0.481 e. The first-order valence-corrected chi connectivity index (χ1v) is 51.0. The van der Waals surface area contributed by atoms with Gasteiger partial charge < -0.3 is 56.8 Å². The van der Waals surface area contributed by atoms with Crippen LogP contribution in [0.25, 0.3) is 64.6 Å². The molecule has 0 aliphatic carbocycles. The van der Waals surface area contributed by atoms with Gasteiger partial charge in [0.15, 0.2) is 11.5 Å². The van der Waals surface area contributed by atoms with Crippen LogP contribution in [0.3, 0.4) is 0 Å². The highest BCUT2D eigenvalue weighted by atomic mass is 16.5. The van der Waals surface area contributed by atoms with E-state index in [4.69, 9.17) is 134 Å². The summed E-state index contributed by atoms with van der Waals surface area (Å²) in [6, 6.07) is 69.4. The van der Waals surface area contributed by atoms with Crippen LogP contribution in [-0.2, 0) is 0 Å². The van der Waals surface area contributed by atoms with Gasteiger partial charge in [-0.05, 0) is 123 Å². The third-order valence-corrected chi connectivity index (χ3v) is 14.7. The maximum Gasteiger partial charge on any atom is 0.170 e. The summed E-state index contributed by atoms with van der Waals surface area (Å²) >= 11 is 0. The van der Waals surface area contributed by atoms with E-state index in [2.05, 4.69) is 71.0 Å². The van der Waals surface area contributed by atoms with Gasteiger partial charge in [-0.25, -0.2) is 0 Å². The average Bonchev–Trinajstić information content (AvgIpc) is 0.796. The zero-order chi connectivity index (χ0) is 113. The Morgan fingerprint density at radius 3 is 0.715 bits per heavy atom. The molecular formula is C132H180O12. The van der Waals surface area contributed by atoms with Crippen LogP contribution in [0.5, 0.6) is 69.0 Å². The minimum atomic E-state index is 0.195. The van der Waals surface area contributed by atoms with E-state index in [0.29, 0.717) is 23.0 Å². The standard InChI is InChI=1S/6C16H12O2.18C2H6/c1-3-11-17-15-9-5-8-14-13(15)7-6-10-16(14)18-12-4-2;1-3-9-17-15-7-5-13-6-8-16(18-10-4-2)12-14(13)11-15;1-3-10-17-14-8-9-15-13(12-14)6-5-7-16(15)18-11-4-2;1-3-10-17-14-9-8-13-6-5-7-16(15(13)12-14)18-11-4-2;1-3-11-17-15-10-9-13-7-5-6-8-14(13)16(15)18-12-4-2;1-3-9-17-14-11-13-7-5-6-8-15(13)16(12-14)18-10-4-2;18*1-2/h1-2,5-10H,11-12H2;1-2,5-8,11-12H,9-10H2;2*1-2,5-9,12H,10-11H2;1-2,5-10H,11-12H2;1-2,5-8,11-12H,9-10H2;18*1-2H3. The highest BCUT2D eigenvalue weighted by Crippen LogP contribution is 2.38.